The molecule has 26 heteroatoms. The molecule has 0 rings (SSSR count). The molecule has 224 valence electrons. The quantitative estimate of drug-likeness (QED) is 0.0805. The van der Waals surface area contributed by atoms with Gasteiger partial charge in [-0.2, -0.15) is 0 Å². The first kappa shape index (κ1) is 52.2. The maximum atomic E-state index is 9.85. The van der Waals surface area contributed by atoms with Gasteiger partial charge in [-0.05, 0) is 21.5 Å². The summed E-state index contributed by atoms with van der Waals surface area (Å²) in [5, 5.41) is 37.5. The molecule has 4 atom stereocenters. The van der Waals surface area contributed by atoms with E-state index in [-0.39, 0.29) is 77.6 Å². The fourth-order valence-corrected chi connectivity index (χ4v) is 3.34. The Morgan fingerprint density at radius 2 is 0.579 bits per heavy atom. The van der Waals surface area contributed by atoms with Crippen molar-refractivity contribution in [1.82, 2.24) is 0 Å². The van der Waals surface area contributed by atoms with E-state index in [1.807, 2.05) is 0 Å². The summed E-state index contributed by atoms with van der Waals surface area (Å²) >= 11 is 16.8. The van der Waals surface area contributed by atoms with Crippen molar-refractivity contribution < 1.29 is 124 Å². The zero-order valence-corrected chi connectivity index (χ0v) is 29.4. The molecule has 0 aliphatic rings. The maximum Gasteiger partial charge on any atom is 3.00 e. The van der Waals surface area contributed by atoms with Crippen molar-refractivity contribution in [1.29, 1.82) is 0 Å². The Hall–Kier alpha value is 1.58. The van der Waals surface area contributed by atoms with E-state index in [1.54, 1.807) is 0 Å². The van der Waals surface area contributed by atoms with Gasteiger partial charge in [-0.1, -0.05) is 48.9 Å². The van der Waals surface area contributed by atoms with Crippen LogP contribution in [0.15, 0.2) is 0 Å². The summed E-state index contributed by atoms with van der Waals surface area (Å²) < 4.78 is 118. The topological polar surface area (TPSA) is 310 Å². The van der Waals surface area contributed by atoms with Crippen molar-refractivity contribution >= 4 is 111 Å². The smallest absolute Gasteiger partial charge is 0.746 e. The largest absolute Gasteiger partial charge is 3.00 e. The summed E-state index contributed by atoms with van der Waals surface area (Å²) in [6.07, 6.45) is -1.16. The number of hydrogen-bond donors (Lipinski definition) is 4. The maximum absolute atomic E-state index is 9.85. The van der Waals surface area contributed by atoms with Crippen LogP contribution >= 0.6 is 48.9 Å². The third kappa shape index (κ3) is 35.6. The van der Waals surface area contributed by atoms with Gasteiger partial charge in [0.25, 0.3) is 0 Å². The van der Waals surface area contributed by atoms with E-state index in [0.29, 0.717) is 0 Å². The third-order valence-electron chi connectivity index (χ3n) is 2.52. The fourth-order valence-electron chi connectivity index (χ4n) is 0.801. The summed E-state index contributed by atoms with van der Waals surface area (Å²) in [5.41, 5.74) is -7.52. The van der Waals surface area contributed by atoms with E-state index >= 15 is 0 Å². The second-order valence-electron chi connectivity index (χ2n) is 5.40. The minimum Gasteiger partial charge on any atom is -0.746 e. The summed E-state index contributed by atoms with van der Waals surface area (Å²) in [4.78, 5) is 0. The molecule has 0 aliphatic carbocycles. The first-order valence-corrected chi connectivity index (χ1v) is 16.0. The van der Waals surface area contributed by atoms with Crippen molar-refractivity contribution in [3.05, 3.63) is 0 Å². The summed E-state index contributed by atoms with van der Waals surface area (Å²) in [6, 6.07) is 0. The number of thiocarbonyl (C=S) groups is 4. The summed E-state index contributed by atoms with van der Waals surface area (Å²) in [7, 11) is -18.2. The molecule has 0 spiro atoms. The van der Waals surface area contributed by atoms with Gasteiger partial charge in [0.15, 0.2) is 0 Å². The van der Waals surface area contributed by atoms with E-state index < -0.39 is 62.2 Å². The van der Waals surface area contributed by atoms with Crippen molar-refractivity contribution in [3.8, 4) is 0 Å². The SMILES string of the molecule is O=S(=O)([O-])C(O)CC=S.O=S(=O)([O-])C(O)CC=S.O=S(=O)([O-])C(O)CC=S.O=S(=O)([O-])C(O)CC=S.[Au+3].[Na+]. The molecule has 0 aliphatic heterocycles. The molecular formula is C12H20AuNaO16S8. The predicted molar refractivity (Wildman–Crippen MR) is 136 cm³/mol. The van der Waals surface area contributed by atoms with E-state index in [1.165, 1.54) is 0 Å². The second-order valence-corrected chi connectivity index (χ2v) is 12.9. The zero-order chi connectivity index (χ0) is 30.0. The van der Waals surface area contributed by atoms with Crippen LogP contribution in [0.25, 0.3) is 0 Å². The van der Waals surface area contributed by atoms with Crippen LogP contribution in [0.1, 0.15) is 25.7 Å². The Morgan fingerprint density at radius 1 is 0.474 bits per heavy atom. The van der Waals surface area contributed by atoms with Gasteiger partial charge in [0.1, 0.15) is 62.2 Å². The number of aliphatic hydroxyl groups is 4. The van der Waals surface area contributed by atoms with Gasteiger partial charge in [0.2, 0.25) is 0 Å². The second kappa shape index (κ2) is 26.2. The first-order valence-electron chi connectivity index (χ1n) is 8.18. The molecular weight excluding hydrogens is 877 g/mol. The molecule has 0 radical (unpaired) electrons. The molecule has 0 aromatic carbocycles. The van der Waals surface area contributed by atoms with Crippen LogP contribution in [0, 0.1) is 0 Å². The van der Waals surface area contributed by atoms with E-state index in [2.05, 4.69) is 48.9 Å². The molecule has 38 heavy (non-hydrogen) atoms. The molecule has 16 nitrogen and oxygen atoms in total. The van der Waals surface area contributed by atoms with Gasteiger partial charge in [-0.25, -0.2) is 33.7 Å². The fraction of sp³-hybridized carbons (Fsp3) is 0.667. The molecule has 0 fully saturated rings. The molecule has 0 bridgehead atoms. The Bertz CT molecular complexity index is 917. The number of rotatable bonds is 12. The van der Waals surface area contributed by atoms with Gasteiger partial charge >= 0.3 is 51.9 Å². The van der Waals surface area contributed by atoms with Crippen LogP contribution in [0.4, 0.5) is 0 Å². The molecule has 0 saturated heterocycles. The van der Waals surface area contributed by atoms with Gasteiger partial charge < -0.3 is 38.6 Å². The summed E-state index contributed by atoms with van der Waals surface area (Å²) in [5.74, 6) is 0. The Kier molecular flexibility index (Phi) is 36.1. The van der Waals surface area contributed by atoms with Crippen LogP contribution in [0.5, 0.6) is 0 Å². The van der Waals surface area contributed by atoms with Gasteiger partial charge in [-0.15, -0.1) is 0 Å². The van der Waals surface area contributed by atoms with Crippen molar-refractivity contribution in [2.24, 2.45) is 0 Å². The van der Waals surface area contributed by atoms with Crippen molar-refractivity contribution in [3.63, 3.8) is 0 Å². The zero-order valence-electron chi connectivity index (χ0n) is 18.7. The average molecular weight is 897 g/mol. The van der Waals surface area contributed by atoms with E-state index in [9.17, 15) is 51.9 Å². The molecule has 0 saturated carbocycles. The minimum absolute atomic E-state index is 0. The van der Waals surface area contributed by atoms with Crippen LogP contribution in [0.3, 0.4) is 0 Å². The summed E-state index contributed by atoms with van der Waals surface area (Å²) in [6.45, 7) is 0. The Morgan fingerprint density at radius 3 is 0.605 bits per heavy atom. The van der Waals surface area contributed by atoms with Crippen LogP contribution < -0.4 is 29.6 Å². The molecule has 0 amide bonds. The molecule has 4 unspecified atom stereocenters. The number of hydrogen-bond acceptors (Lipinski definition) is 20. The number of aliphatic hydroxyl groups excluding tert-OH is 4. The molecule has 0 aromatic rings. The predicted octanol–water partition coefficient (Wildman–Crippen LogP) is -6.04. The minimum atomic E-state index is -4.56. The normalized spacial score (nSPS) is 14.1. The molecule has 4 N–H and O–H groups in total. The molecule has 0 aromatic heterocycles. The molecule has 0 heterocycles. The standard InChI is InChI=1S/4C3H6O4S2.Au.Na/c4*4-3(1-2-8)9(5,6)7;;/h4*2-4H,1H2,(H,5,6,7);;/q;;;;+3;+1/p-4. The van der Waals surface area contributed by atoms with Gasteiger partial charge in [0, 0.05) is 25.7 Å². The van der Waals surface area contributed by atoms with Crippen LogP contribution in [-0.4, -0.2) is 116 Å². The van der Waals surface area contributed by atoms with Crippen LogP contribution in [0.2, 0.25) is 0 Å². The Labute approximate surface area is 279 Å². The Balaban J connectivity index is -0.0000000883. The van der Waals surface area contributed by atoms with Gasteiger partial charge in [0.05, 0.1) is 0 Å². The third-order valence-corrected chi connectivity index (χ3v) is 6.73. The van der Waals surface area contributed by atoms with Crippen molar-refractivity contribution in [2.45, 2.75) is 47.4 Å². The van der Waals surface area contributed by atoms with E-state index in [0.717, 1.165) is 21.5 Å². The first-order chi connectivity index (χ1) is 15.9. The van der Waals surface area contributed by atoms with Crippen molar-refractivity contribution in [2.75, 3.05) is 0 Å². The monoisotopic (exact) mass is 896 g/mol. The average Bonchev–Trinajstić information content (AvgIpc) is 2.67. The van der Waals surface area contributed by atoms with Crippen LogP contribution in [-0.2, 0) is 62.9 Å². The van der Waals surface area contributed by atoms with Gasteiger partial charge in [-0.3, -0.25) is 0 Å². The van der Waals surface area contributed by atoms with E-state index in [4.69, 9.17) is 20.4 Å².